The lowest BCUT2D eigenvalue weighted by atomic mass is 9.85. The third-order valence-electron chi connectivity index (χ3n) is 3.45. The molecule has 0 spiro atoms. The van der Waals surface area contributed by atoms with Gasteiger partial charge < -0.3 is 5.11 Å². The highest BCUT2D eigenvalue weighted by atomic mass is 19.1. The van der Waals surface area contributed by atoms with Crippen LogP contribution in [0.1, 0.15) is 24.4 Å². The van der Waals surface area contributed by atoms with Gasteiger partial charge in [-0.05, 0) is 44.1 Å². The van der Waals surface area contributed by atoms with Crippen LogP contribution in [0.5, 0.6) is 0 Å². The topological polar surface area (TPSA) is 23.5 Å². The SMILES string of the molecule is CN1CCCC(CO)C1c1ccc(F)cc1. The quantitative estimate of drug-likeness (QED) is 0.831. The van der Waals surface area contributed by atoms with Crippen molar-refractivity contribution in [2.24, 2.45) is 5.92 Å². The van der Waals surface area contributed by atoms with Crippen molar-refractivity contribution in [1.29, 1.82) is 0 Å². The van der Waals surface area contributed by atoms with Crippen LogP contribution in [0.3, 0.4) is 0 Å². The van der Waals surface area contributed by atoms with E-state index in [1.54, 1.807) is 0 Å². The number of rotatable bonds is 2. The van der Waals surface area contributed by atoms with E-state index in [4.69, 9.17) is 0 Å². The van der Waals surface area contributed by atoms with Crippen LogP contribution in [0.15, 0.2) is 24.3 Å². The Bertz CT molecular complexity index is 338. The van der Waals surface area contributed by atoms with Crippen LogP contribution in [0.2, 0.25) is 0 Å². The summed E-state index contributed by atoms with van der Waals surface area (Å²) in [4.78, 5) is 2.25. The van der Waals surface area contributed by atoms with Crippen LogP contribution >= 0.6 is 0 Å². The molecule has 0 aromatic heterocycles. The lowest BCUT2D eigenvalue weighted by Gasteiger charge is -2.38. The first-order valence-corrected chi connectivity index (χ1v) is 5.79. The van der Waals surface area contributed by atoms with Crippen molar-refractivity contribution in [3.05, 3.63) is 35.6 Å². The molecule has 0 aliphatic carbocycles. The van der Waals surface area contributed by atoms with Crippen molar-refractivity contribution in [1.82, 2.24) is 4.90 Å². The zero-order valence-corrected chi connectivity index (χ0v) is 9.56. The Balaban J connectivity index is 2.24. The summed E-state index contributed by atoms with van der Waals surface area (Å²) in [5.74, 6) is 0.0620. The van der Waals surface area contributed by atoms with Crippen molar-refractivity contribution in [3.8, 4) is 0 Å². The van der Waals surface area contributed by atoms with E-state index in [1.807, 2.05) is 12.1 Å². The van der Waals surface area contributed by atoms with Crippen LogP contribution < -0.4 is 0 Å². The second kappa shape index (κ2) is 4.93. The standard InChI is InChI=1S/C13H18FNO/c1-15-8-2-3-11(9-16)13(15)10-4-6-12(14)7-5-10/h4-7,11,13,16H,2-3,8-9H2,1H3. The van der Waals surface area contributed by atoms with E-state index in [2.05, 4.69) is 11.9 Å². The Hall–Kier alpha value is -0.930. The Morgan fingerprint density at radius 2 is 2.06 bits per heavy atom. The van der Waals surface area contributed by atoms with Gasteiger partial charge in [0.25, 0.3) is 0 Å². The Labute approximate surface area is 95.7 Å². The highest BCUT2D eigenvalue weighted by Gasteiger charge is 2.29. The molecule has 1 fully saturated rings. The number of piperidine rings is 1. The lowest BCUT2D eigenvalue weighted by molar-refractivity contribution is 0.0742. The first kappa shape index (κ1) is 11.6. The molecule has 1 saturated heterocycles. The summed E-state index contributed by atoms with van der Waals surface area (Å²) in [7, 11) is 2.07. The molecule has 1 heterocycles. The Morgan fingerprint density at radius 3 is 2.69 bits per heavy atom. The number of likely N-dealkylation sites (tertiary alicyclic amines) is 1. The third-order valence-corrected chi connectivity index (χ3v) is 3.45. The maximum absolute atomic E-state index is 12.9. The highest BCUT2D eigenvalue weighted by molar-refractivity contribution is 5.21. The fraction of sp³-hybridized carbons (Fsp3) is 0.538. The van der Waals surface area contributed by atoms with E-state index < -0.39 is 0 Å². The molecular formula is C13H18FNO. The van der Waals surface area contributed by atoms with Gasteiger partial charge in [0.1, 0.15) is 5.82 Å². The lowest BCUT2D eigenvalue weighted by Crippen LogP contribution is -2.37. The second-order valence-corrected chi connectivity index (χ2v) is 4.56. The molecule has 1 aliphatic rings. The highest BCUT2D eigenvalue weighted by Crippen LogP contribution is 2.34. The van der Waals surface area contributed by atoms with Crippen LogP contribution in [-0.4, -0.2) is 30.2 Å². The summed E-state index contributed by atoms with van der Waals surface area (Å²) < 4.78 is 12.9. The van der Waals surface area contributed by atoms with Crippen molar-refractivity contribution in [2.45, 2.75) is 18.9 Å². The average Bonchev–Trinajstić information content (AvgIpc) is 2.30. The van der Waals surface area contributed by atoms with Crippen molar-refractivity contribution >= 4 is 0 Å². The van der Waals surface area contributed by atoms with Gasteiger partial charge in [0.2, 0.25) is 0 Å². The monoisotopic (exact) mass is 223 g/mol. The van der Waals surface area contributed by atoms with Gasteiger partial charge in [0.15, 0.2) is 0 Å². The van der Waals surface area contributed by atoms with Crippen LogP contribution in [-0.2, 0) is 0 Å². The first-order valence-electron chi connectivity index (χ1n) is 5.79. The third kappa shape index (κ3) is 2.25. The van der Waals surface area contributed by atoms with E-state index in [0.29, 0.717) is 0 Å². The molecule has 3 heteroatoms. The van der Waals surface area contributed by atoms with Gasteiger partial charge in [-0.15, -0.1) is 0 Å². The maximum Gasteiger partial charge on any atom is 0.123 e. The van der Waals surface area contributed by atoms with E-state index in [9.17, 15) is 9.50 Å². The molecule has 1 N–H and O–H groups in total. The molecule has 0 radical (unpaired) electrons. The van der Waals surface area contributed by atoms with Gasteiger partial charge >= 0.3 is 0 Å². The number of aliphatic hydroxyl groups is 1. The van der Waals surface area contributed by atoms with Gasteiger partial charge in [0.05, 0.1) is 0 Å². The van der Waals surface area contributed by atoms with Gasteiger partial charge in [-0.25, -0.2) is 4.39 Å². The molecule has 2 rings (SSSR count). The molecule has 2 unspecified atom stereocenters. The summed E-state index contributed by atoms with van der Waals surface area (Å²) in [6.45, 7) is 1.24. The summed E-state index contributed by atoms with van der Waals surface area (Å²) >= 11 is 0. The van der Waals surface area contributed by atoms with Gasteiger partial charge in [0, 0.05) is 18.6 Å². The normalized spacial score (nSPS) is 26.9. The first-order chi connectivity index (χ1) is 7.72. The van der Waals surface area contributed by atoms with Gasteiger partial charge in [-0.1, -0.05) is 12.1 Å². The van der Waals surface area contributed by atoms with E-state index in [0.717, 1.165) is 24.9 Å². The van der Waals surface area contributed by atoms with Gasteiger partial charge in [-0.2, -0.15) is 0 Å². The van der Waals surface area contributed by atoms with Gasteiger partial charge in [-0.3, -0.25) is 4.90 Å². The molecule has 1 aliphatic heterocycles. The number of benzene rings is 1. The van der Waals surface area contributed by atoms with Crippen molar-refractivity contribution in [2.75, 3.05) is 20.2 Å². The molecule has 1 aromatic carbocycles. The van der Waals surface area contributed by atoms with E-state index in [-0.39, 0.29) is 24.4 Å². The number of halogens is 1. The van der Waals surface area contributed by atoms with Crippen molar-refractivity contribution in [3.63, 3.8) is 0 Å². The maximum atomic E-state index is 12.9. The molecule has 16 heavy (non-hydrogen) atoms. The predicted molar refractivity (Wildman–Crippen MR) is 61.6 cm³/mol. The summed E-state index contributed by atoms with van der Waals surface area (Å²) in [6.07, 6.45) is 2.17. The molecule has 0 amide bonds. The van der Waals surface area contributed by atoms with Crippen LogP contribution in [0.4, 0.5) is 4.39 Å². The fourth-order valence-corrected chi connectivity index (χ4v) is 2.64. The number of aliphatic hydroxyl groups excluding tert-OH is 1. The average molecular weight is 223 g/mol. The molecule has 2 nitrogen and oxygen atoms in total. The molecular weight excluding hydrogens is 205 g/mol. The minimum Gasteiger partial charge on any atom is -0.396 e. The summed E-state index contributed by atoms with van der Waals surface area (Å²) in [5.41, 5.74) is 1.10. The smallest absolute Gasteiger partial charge is 0.123 e. The Kier molecular flexibility index (Phi) is 3.56. The van der Waals surface area contributed by atoms with Crippen LogP contribution in [0.25, 0.3) is 0 Å². The molecule has 1 aromatic rings. The minimum atomic E-state index is -0.206. The van der Waals surface area contributed by atoms with E-state index in [1.165, 1.54) is 12.1 Å². The predicted octanol–water partition coefficient (Wildman–Crippen LogP) is 2.20. The van der Waals surface area contributed by atoms with E-state index >= 15 is 0 Å². The summed E-state index contributed by atoms with van der Waals surface area (Å²) in [6, 6.07) is 6.85. The van der Waals surface area contributed by atoms with Crippen molar-refractivity contribution < 1.29 is 9.50 Å². The zero-order valence-electron chi connectivity index (χ0n) is 9.56. The molecule has 2 atom stereocenters. The number of nitrogens with zero attached hydrogens (tertiary/aromatic N) is 1. The fourth-order valence-electron chi connectivity index (χ4n) is 2.64. The zero-order chi connectivity index (χ0) is 11.5. The minimum absolute atomic E-state index is 0.201. The number of hydrogen-bond acceptors (Lipinski definition) is 2. The van der Waals surface area contributed by atoms with Crippen LogP contribution in [0, 0.1) is 11.7 Å². The Morgan fingerprint density at radius 1 is 1.38 bits per heavy atom. The second-order valence-electron chi connectivity index (χ2n) is 4.56. The summed E-state index contributed by atoms with van der Waals surface area (Å²) in [5, 5.41) is 9.39. The number of hydrogen-bond donors (Lipinski definition) is 1. The molecule has 0 bridgehead atoms. The molecule has 0 saturated carbocycles. The molecule has 88 valence electrons. The largest absolute Gasteiger partial charge is 0.396 e.